The topological polar surface area (TPSA) is 34.1 Å². The number of benzene rings is 1. The maximum atomic E-state index is 13.0. The highest BCUT2D eigenvalue weighted by Crippen LogP contribution is 2.17. The Morgan fingerprint density at radius 3 is 2.43 bits per heavy atom. The molecule has 0 N–H and O–H groups in total. The van der Waals surface area contributed by atoms with E-state index in [9.17, 15) is 14.0 Å². The third kappa shape index (κ3) is 2.17. The molecular weight excluding hydrogens is 207 g/mol. The maximum absolute atomic E-state index is 13.0. The molecule has 14 heavy (non-hydrogen) atoms. The van der Waals surface area contributed by atoms with Gasteiger partial charge in [0.05, 0.1) is 5.02 Å². The lowest BCUT2D eigenvalue weighted by molar-refractivity contribution is -0.120. The van der Waals surface area contributed by atoms with Gasteiger partial charge in [-0.15, -0.1) is 0 Å². The van der Waals surface area contributed by atoms with Crippen LogP contribution in [0, 0.1) is 0 Å². The molecule has 1 rings (SSSR count). The number of Topliss-reactive ketones (excluding diaryl/α,β-unsaturated/α-hetero) is 2. The van der Waals surface area contributed by atoms with Gasteiger partial charge in [-0.25, -0.2) is 4.39 Å². The number of halogens is 2. The first-order valence-corrected chi connectivity index (χ1v) is 4.35. The molecule has 0 heterocycles. The van der Waals surface area contributed by atoms with Crippen molar-refractivity contribution in [3.8, 4) is 0 Å². The summed E-state index contributed by atoms with van der Waals surface area (Å²) in [4.78, 5) is 22.0. The molecular formula is C10H8ClFO2. The molecule has 2 nitrogen and oxygen atoms in total. The standard InChI is InChI=1S/C10H8ClFO2/c1-6(13)9(12)10(14)7-4-2-3-5-8(7)11/h2-5,9H,1H3. The van der Waals surface area contributed by atoms with Gasteiger partial charge in [-0.2, -0.15) is 0 Å². The van der Waals surface area contributed by atoms with E-state index in [-0.39, 0.29) is 10.6 Å². The Kier molecular flexibility index (Phi) is 3.36. The second-order valence-electron chi connectivity index (χ2n) is 2.82. The van der Waals surface area contributed by atoms with Crippen LogP contribution in [0.3, 0.4) is 0 Å². The lowest BCUT2D eigenvalue weighted by Crippen LogP contribution is -2.23. The Morgan fingerprint density at radius 1 is 1.36 bits per heavy atom. The van der Waals surface area contributed by atoms with E-state index in [2.05, 4.69) is 0 Å². The van der Waals surface area contributed by atoms with Crippen molar-refractivity contribution >= 4 is 23.2 Å². The van der Waals surface area contributed by atoms with Crippen LogP contribution < -0.4 is 0 Å². The Balaban J connectivity index is 3.01. The molecule has 0 saturated carbocycles. The predicted molar refractivity (Wildman–Crippen MR) is 51.4 cm³/mol. The van der Waals surface area contributed by atoms with Crippen molar-refractivity contribution in [3.05, 3.63) is 34.9 Å². The SMILES string of the molecule is CC(=O)C(F)C(=O)c1ccccc1Cl. The van der Waals surface area contributed by atoms with Crippen LogP contribution in [0.2, 0.25) is 5.02 Å². The van der Waals surface area contributed by atoms with Crippen molar-refractivity contribution in [1.29, 1.82) is 0 Å². The van der Waals surface area contributed by atoms with E-state index in [0.29, 0.717) is 0 Å². The summed E-state index contributed by atoms with van der Waals surface area (Å²) >= 11 is 5.67. The normalized spacial score (nSPS) is 12.2. The highest BCUT2D eigenvalue weighted by molar-refractivity contribution is 6.34. The van der Waals surface area contributed by atoms with Gasteiger partial charge >= 0.3 is 0 Å². The van der Waals surface area contributed by atoms with Crippen LogP contribution in [0.5, 0.6) is 0 Å². The molecule has 74 valence electrons. The second-order valence-corrected chi connectivity index (χ2v) is 3.22. The van der Waals surface area contributed by atoms with E-state index >= 15 is 0 Å². The molecule has 0 aliphatic carbocycles. The van der Waals surface area contributed by atoms with Gasteiger partial charge in [0.2, 0.25) is 12.0 Å². The molecule has 1 aromatic rings. The smallest absolute Gasteiger partial charge is 0.220 e. The summed E-state index contributed by atoms with van der Waals surface area (Å²) in [5.41, 5.74) is 0.0388. The van der Waals surface area contributed by atoms with E-state index in [0.717, 1.165) is 6.92 Å². The van der Waals surface area contributed by atoms with Crippen LogP contribution in [-0.4, -0.2) is 17.7 Å². The molecule has 0 bridgehead atoms. The average Bonchev–Trinajstić information content (AvgIpc) is 2.16. The summed E-state index contributed by atoms with van der Waals surface area (Å²) in [5.74, 6) is -1.70. The fraction of sp³-hybridized carbons (Fsp3) is 0.200. The third-order valence-corrected chi connectivity index (χ3v) is 2.06. The molecule has 4 heteroatoms. The molecule has 0 aromatic heterocycles. The van der Waals surface area contributed by atoms with Crippen LogP contribution in [-0.2, 0) is 4.79 Å². The Bertz CT molecular complexity index is 376. The molecule has 0 spiro atoms. The molecule has 0 aliphatic rings. The minimum absolute atomic E-state index is 0.0388. The molecule has 1 aromatic carbocycles. The minimum Gasteiger partial charge on any atom is -0.296 e. The van der Waals surface area contributed by atoms with Gasteiger partial charge in [-0.1, -0.05) is 23.7 Å². The highest BCUT2D eigenvalue weighted by Gasteiger charge is 2.24. The highest BCUT2D eigenvalue weighted by atomic mass is 35.5. The van der Waals surface area contributed by atoms with Gasteiger partial charge in [-0.3, -0.25) is 9.59 Å². The summed E-state index contributed by atoms with van der Waals surface area (Å²) in [7, 11) is 0. The zero-order valence-electron chi connectivity index (χ0n) is 7.46. The Morgan fingerprint density at radius 2 is 1.93 bits per heavy atom. The summed E-state index contributed by atoms with van der Waals surface area (Å²) in [6.45, 7) is 1.03. The van der Waals surface area contributed by atoms with Gasteiger partial charge in [0.1, 0.15) is 0 Å². The Labute approximate surface area is 85.7 Å². The fourth-order valence-electron chi connectivity index (χ4n) is 0.982. The van der Waals surface area contributed by atoms with Gasteiger partial charge < -0.3 is 0 Å². The number of carbonyl (C=O) groups excluding carboxylic acids is 2. The predicted octanol–water partition coefficient (Wildman–Crippen LogP) is 2.45. The van der Waals surface area contributed by atoms with E-state index in [4.69, 9.17) is 11.6 Å². The van der Waals surface area contributed by atoms with Gasteiger partial charge in [0, 0.05) is 5.56 Å². The van der Waals surface area contributed by atoms with E-state index in [1.165, 1.54) is 12.1 Å². The first kappa shape index (κ1) is 10.9. The number of hydrogen-bond acceptors (Lipinski definition) is 2. The third-order valence-electron chi connectivity index (χ3n) is 1.73. The maximum Gasteiger partial charge on any atom is 0.220 e. The van der Waals surface area contributed by atoms with Crippen molar-refractivity contribution < 1.29 is 14.0 Å². The van der Waals surface area contributed by atoms with Crippen LogP contribution >= 0.6 is 11.6 Å². The van der Waals surface area contributed by atoms with Gasteiger partial charge in [-0.05, 0) is 19.1 Å². The lowest BCUT2D eigenvalue weighted by Gasteiger charge is -2.04. The summed E-state index contributed by atoms with van der Waals surface area (Å²) in [6, 6.07) is 6.05. The zero-order chi connectivity index (χ0) is 10.7. The molecule has 0 fully saturated rings. The monoisotopic (exact) mass is 214 g/mol. The van der Waals surface area contributed by atoms with Crippen molar-refractivity contribution in [1.82, 2.24) is 0 Å². The van der Waals surface area contributed by atoms with Crippen molar-refractivity contribution in [2.45, 2.75) is 13.1 Å². The number of hydrogen-bond donors (Lipinski definition) is 0. The quantitative estimate of drug-likeness (QED) is 0.572. The first-order valence-electron chi connectivity index (χ1n) is 3.97. The molecule has 1 unspecified atom stereocenters. The summed E-state index contributed by atoms with van der Waals surface area (Å²) < 4.78 is 13.0. The van der Waals surface area contributed by atoms with E-state index in [1.807, 2.05) is 0 Å². The van der Waals surface area contributed by atoms with E-state index in [1.54, 1.807) is 12.1 Å². The van der Waals surface area contributed by atoms with Crippen molar-refractivity contribution in [3.63, 3.8) is 0 Å². The average molecular weight is 215 g/mol. The molecule has 0 radical (unpaired) electrons. The van der Waals surface area contributed by atoms with Crippen LogP contribution in [0.1, 0.15) is 17.3 Å². The van der Waals surface area contributed by atoms with Crippen LogP contribution in [0.15, 0.2) is 24.3 Å². The largest absolute Gasteiger partial charge is 0.296 e. The second kappa shape index (κ2) is 4.33. The van der Waals surface area contributed by atoms with Gasteiger partial charge in [0.15, 0.2) is 5.78 Å². The molecule has 0 amide bonds. The number of rotatable bonds is 3. The lowest BCUT2D eigenvalue weighted by atomic mass is 10.1. The van der Waals surface area contributed by atoms with Gasteiger partial charge in [0.25, 0.3) is 0 Å². The molecule has 1 atom stereocenters. The molecule has 0 saturated heterocycles. The summed E-state index contributed by atoms with van der Waals surface area (Å²) in [6.07, 6.45) is -2.12. The number of ketones is 2. The van der Waals surface area contributed by atoms with Crippen LogP contribution in [0.4, 0.5) is 4.39 Å². The fourth-order valence-corrected chi connectivity index (χ4v) is 1.21. The number of alkyl halides is 1. The van der Waals surface area contributed by atoms with Crippen molar-refractivity contribution in [2.75, 3.05) is 0 Å². The molecule has 0 aliphatic heterocycles. The minimum atomic E-state index is -2.12. The van der Waals surface area contributed by atoms with Crippen LogP contribution in [0.25, 0.3) is 0 Å². The zero-order valence-corrected chi connectivity index (χ0v) is 8.22. The first-order chi connectivity index (χ1) is 6.54. The Hall–Kier alpha value is -1.22. The van der Waals surface area contributed by atoms with E-state index < -0.39 is 17.7 Å². The summed E-state index contributed by atoms with van der Waals surface area (Å²) in [5, 5.41) is 0.154. The van der Waals surface area contributed by atoms with Crippen molar-refractivity contribution in [2.24, 2.45) is 0 Å². The number of carbonyl (C=O) groups is 2.